The zero-order valence-electron chi connectivity index (χ0n) is 13.9. The monoisotopic (exact) mass is 324 g/mol. The fraction of sp³-hybridized carbons (Fsp3) is 0.389. The summed E-state index contributed by atoms with van der Waals surface area (Å²) in [5, 5.41) is 8.79. The van der Waals surface area contributed by atoms with Crippen LogP contribution in [0.4, 0.5) is 0 Å². The second kappa shape index (κ2) is 6.20. The molecule has 0 spiro atoms. The Bertz CT molecular complexity index is 832. The molecule has 0 bridgehead atoms. The number of aromatic nitrogens is 4. The number of ether oxygens (including phenoxy) is 1. The summed E-state index contributed by atoms with van der Waals surface area (Å²) in [5.41, 5.74) is 4.28. The Hall–Kier alpha value is -2.47. The van der Waals surface area contributed by atoms with Crippen molar-refractivity contribution >= 4 is 0 Å². The predicted molar refractivity (Wildman–Crippen MR) is 88.3 cm³/mol. The van der Waals surface area contributed by atoms with Crippen molar-refractivity contribution in [3.8, 4) is 5.69 Å². The van der Waals surface area contributed by atoms with Gasteiger partial charge in [0.25, 0.3) is 0 Å². The van der Waals surface area contributed by atoms with E-state index >= 15 is 0 Å². The number of para-hydroxylation sites is 1. The highest BCUT2D eigenvalue weighted by Gasteiger charge is 2.24. The van der Waals surface area contributed by atoms with Gasteiger partial charge in [-0.1, -0.05) is 23.4 Å². The van der Waals surface area contributed by atoms with Crippen molar-refractivity contribution < 1.29 is 9.26 Å². The van der Waals surface area contributed by atoms with E-state index < -0.39 is 0 Å². The van der Waals surface area contributed by atoms with Crippen LogP contribution < -0.4 is 0 Å². The van der Waals surface area contributed by atoms with Crippen LogP contribution in [0.5, 0.6) is 0 Å². The summed E-state index contributed by atoms with van der Waals surface area (Å²) in [6.45, 7) is 5.55. The van der Waals surface area contributed by atoms with Gasteiger partial charge < -0.3 is 9.26 Å². The molecule has 124 valence electrons. The van der Waals surface area contributed by atoms with Crippen molar-refractivity contribution in [2.24, 2.45) is 0 Å². The summed E-state index contributed by atoms with van der Waals surface area (Å²) in [4.78, 5) is 4.56. The van der Waals surface area contributed by atoms with Crippen LogP contribution in [0.15, 0.2) is 34.9 Å². The van der Waals surface area contributed by atoms with Gasteiger partial charge in [0.1, 0.15) is 0 Å². The van der Waals surface area contributed by atoms with Crippen molar-refractivity contribution in [1.82, 2.24) is 19.9 Å². The quantitative estimate of drug-likeness (QED) is 0.738. The van der Waals surface area contributed by atoms with Crippen molar-refractivity contribution in [3.05, 3.63) is 59.0 Å². The largest absolute Gasteiger partial charge is 0.381 e. The lowest BCUT2D eigenvalue weighted by atomic mass is 10.1. The van der Waals surface area contributed by atoms with E-state index in [2.05, 4.69) is 22.2 Å². The molecular formula is C18H20N4O2. The molecule has 3 aromatic rings. The van der Waals surface area contributed by atoms with Gasteiger partial charge >= 0.3 is 0 Å². The molecule has 1 aliphatic heterocycles. The van der Waals surface area contributed by atoms with Gasteiger partial charge in [-0.2, -0.15) is 10.1 Å². The van der Waals surface area contributed by atoms with E-state index in [1.165, 1.54) is 0 Å². The van der Waals surface area contributed by atoms with Crippen LogP contribution in [0.1, 0.15) is 41.0 Å². The summed E-state index contributed by atoms with van der Waals surface area (Å²) in [6, 6.07) is 10.1. The Kier molecular flexibility index (Phi) is 3.90. The highest BCUT2D eigenvalue weighted by Crippen LogP contribution is 2.24. The van der Waals surface area contributed by atoms with Crippen LogP contribution in [0.25, 0.3) is 5.69 Å². The first-order valence-corrected chi connectivity index (χ1v) is 8.23. The van der Waals surface area contributed by atoms with E-state index in [0.29, 0.717) is 18.9 Å². The Labute approximate surface area is 140 Å². The molecule has 3 heterocycles. The smallest absolute Gasteiger partial charge is 0.231 e. The summed E-state index contributed by atoms with van der Waals surface area (Å²) in [5.74, 6) is 1.65. The third-order valence-corrected chi connectivity index (χ3v) is 4.55. The molecule has 1 aromatic carbocycles. The molecule has 1 aliphatic rings. The Morgan fingerprint density at radius 3 is 2.79 bits per heavy atom. The van der Waals surface area contributed by atoms with Crippen LogP contribution in [-0.2, 0) is 11.2 Å². The third-order valence-electron chi connectivity index (χ3n) is 4.55. The summed E-state index contributed by atoms with van der Waals surface area (Å²) in [7, 11) is 0. The van der Waals surface area contributed by atoms with E-state index in [1.54, 1.807) is 0 Å². The molecule has 0 saturated carbocycles. The minimum atomic E-state index is 0.261. The average molecular weight is 324 g/mol. The zero-order chi connectivity index (χ0) is 16.5. The predicted octanol–water partition coefficient (Wildman–Crippen LogP) is 2.97. The van der Waals surface area contributed by atoms with Gasteiger partial charge in [-0.3, -0.25) is 0 Å². The summed E-state index contributed by atoms with van der Waals surface area (Å²) < 4.78 is 12.8. The molecule has 0 N–H and O–H groups in total. The average Bonchev–Trinajstić information content (AvgIpc) is 3.32. The molecule has 1 atom stereocenters. The molecule has 0 unspecified atom stereocenters. The number of aryl methyl sites for hydroxylation is 1. The van der Waals surface area contributed by atoms with Crippen molar-refractivity contribution in [1.29, 1.82) is 0 Å². The topological polar surface area (TPSA) is 66.0 Å². The maximum Gasteiger partial charge on any atom is 0.231 e. The van der Waals surface area contributed by atoms with Crippen molar-refractivity contribution in [2.75, 3.05) is 13.2 Å². The van der Waals surface area contributed by atoms with Gasteiger partial charge in [0.05, 0.1) is 24.4 Å². The summed E-state index contributed by atoms with van der Waals surface area (Å²) in [6.07, 6.45) is 1.56. The van der Waals surface area contributed by atoms with Gasteiger partial charge in [0.15, 0.2) is 5.82 Å². The van der Waals surface area contributed by atoms with Gasteiger partial charge in [0, 0.05) is 23.8 Å². The number of hydrogen-bond donors (Lipinski definition) is 0. The number of hydrogen-bond acceptors (Lipinski definition) is 5. The lowest BCUT2D eigenvalue weighted by Gasteiger charge is -2.04. The van der Waals surface area contributed by atoms with E-state index in [4.69, 9.17) is 9.26 Å². The molecule has 0 radical (unpaired) electrons. The van der Waals surface area contributed by atoms with Gasteiger partial charge in [0.2, 0.25) is 5.89 Å². The lowest BCUT2D eigenvalue weighted by Crippen LogP contribution is -2.01. The molecule has 2 aromatic heterocycles. The SMILES string of the molecule is Cc1nn(-c2ccccc2)c(C)c1Cc1nc([C@@H]2CCOC2)no1. The molecule has 1 saturated heterocycles. The Morgan fingerprint density at radius 1 is 1.21 bits per heavy atom. The number of nitrogens with zero attached hydrogens (tertiary/aromatic N) is 4. The minimum Gasteiger partial charge on any atom is -0.381 e. The second-order valence-corrected chi connectivity index (χ2v) is 6.18. The van der Waals surface area contributed by atoms with Gasteiger partial charge in [-0.25, -0.2) is 4.68 Å². The maximum atomic E-state index is 5.45. The number of rotatable bonds is 4. The molecule has 6 heteroatoms. The van der Waals surface area contributed by atoms with Crippen LogP contribution in [0.2, 0.25) is 0 Å². The highest BCUT2D eigenvalue weighted by molar-refractivity contribution is 5.37. The van der Waals surface area contributed by atoms with Crippen LogP contribution in [-0.4, -0.2) is 33.1 Å². The highest BCUT2D eigenvalue weighted by atomic mass is 16.5. The fourth-order valence-electron chi connectivity index (χ4n) is 3.15. The fourth-order valence-corrected chi connectivity index (χ4v) is 3.15. The molecule has 1 fully saturated rings. The van der Waals surface area contributed by atoms with Crippen LogP contribution >= 0.6 is 0 Å². The molecule has 24 heavy (non-hydrogen) atoms. The first kappa shape index (κ1) is 15.1. The van der Waals surface area contributed by atoms with E-state index in [1.807, 2.05) is 41.9 Å². The van der Waals surface area contributed by atoms with Crippen molar-refractivity contribution in [3.63, 3.8) is 0 Å². The van der Waals surface area contributed by atoms with Crippen molar-refractivity contribution in [2.45, 2.75) is 32.6 Å². The number of benzene rings is 1. The minimum absolute atomic E-state index is 0.261. The van der Waals surface area contributed by atoms with Crippen LogP contribution in [0.3, 0.4) is 0 Å². The normalized spacial score (nSPS) is 17.5. The second-order valence-electron chi connectivity index (χ2n) is 6.18. The third kappa shape index (κ3) is 2.73. The molecule has 6 nitrogen and oxygen atoms in total. The van der Waals surface area contributed by atoms with E-state index in [-0.39, 0.29) is 5.92 Å². The van der Waals surface area contributed by atoms with Crippen LogP contribution in [0, 0.1) is 13.8 Å². The Balaban J connectivity index is 1.60. The first-order chi connectivity index (χ1) is 11.7. The Morgan fingerprint density at radius 2 is 2.04 bits per heavy atom. The lowest BCUT2D eigenvalue weighted by molar-refractivity contribution is 0.192. The van der Waals surface area contributed by atoms with Gasteiger partial charge in [-0.15, -0.1) is 0 Å². The van der Waals surface area contributed by atoms with Gasteiger partial charge in [-0.05, 0) is 32.4 Å². The van der Waals surface area contributed by atoms with E-state index in [0.717, 1.165) is 41.5 Å². The maximum absolute atomic E-state index is 5.45. The summed E-state index contributed by atoms with van der Waals surface area (Å²) >= 11 is 0. The first-order valence-electron chi connectivity index (χ1n) is 8.23. The molecule has 0 aliphatic carbocycles. The zero-order valence-corrected chi connectivity index (χ0v) is 13.9. The molecular weight excluding hydrogens is 304 g/mol. The molecule has 0 amide bonds. The van der Waals surface area contributed by atoms with E-state index in [9.17, 15) is 0 Å². The standard InChI is InChI=1S/C18H20N4O2/c1-12-16(13(2)22(20-12)15-6-4-3-5-7-15)10-17-19-18(21-24-17)14-8-9-23-11-14/h3-7,14H,8-11H2,1-2H3/t14-/m1/s1. The molecule has 4 rings (SSSR count).